The molecule has 3 N–H and O–H groups in total. The van der Waals surface area contributed by atoms with E-state index in [-0.39, 0.29) is 17.4 Å². The molecule has 0 radical (unpaired) electrons. The second kappa shape index (κ2) is 15.8. The van der Waals surface area contributed by atoms with Gasteiger partial charge in [0, 0.05) is 12.0 Å². The number of allylic oxidation sites excluding steroid dienone is 2. The molecule has 4 heteroatoms. The van der Waals surface area contributed by atoms with Gasteiger partial charge in [0.05, 0.1) is 5.69 Å². The Morgan fingerprint density at radius 1 is 0.710 bits per heavy atom. The van der Waals surface area contributed by atoms with Crippen LogP contribution in [0, 0.1) is 20.8 Å². The number of phenols is 2. The SMILES string of the molecule is CCCCCCCCC=CCCCCCCCC(=O)Nc1c(C)c(O)c(C)c(C)c1O. The van der Waals surface area contributed by atoms with Gasteiger partial charge < -0.3 is 15.5 Å². The summed E-state index contributed by atoms with van der Waals surface area (Å²) in [6.07, 6.45) is 21.1. The molecule has 0 spiro atoms. The lowest BCUT2D eigenvalue weighted by Crippen LogP contribution is -2.13. The van der Waals surface area contributed by atoms with Crippen molar-refractivity contribution in [1.82, 2.24) is 0 Å². The van der Waals surface area contributed by atoms with Gasteiger partial charge in [-0.05, 0) is 64.0 Å². The summed E-state index contributed by atoms with van der Waals surface area (Å²) in [5.41, 5.74) is 2.08. The Bertz CT molecular complexity index is 665. The maximum atomic E-state index is 12.2. The number of benzene rings is 1. The van der Waals surface area contributed by atoms with Crippen LogP contribution >= 0.6 is 0 Å². The van der Waals surface area contributed by atoms with Crippen LogP contribution in [0.4, 0.5) is 5.69 Å². The normalized spacial score (nSPS) is 11.4. The molecule has 0 aliphatic rings. The number of carbonyl (C=O) groups excluding carboxylic acids is 1. The molecule has 0 unspecified atom stereocenters. The highest BCUT2D eigenvalue weighted by Crippen LogP contribution is 2.40. The van der Waals surface area contributed by atoms with Gasteiger partial charge in [0.25, 0.3) is 0 Å². The topological polar surface area (TPSA) is 69.6 Å². The van der Waals surface area contributed by atoms with Gasteiger partial charge in [0.2, 0.25) is 5.91 Å². The Morgan fingerprint density at radius 3 is 1.77 bits per heavy atom. The van der Waals surface area contributed by atoms with Crippen LogP contribution in [0.3, 0.4) is 0 Å². The van der Waals surface area contributed by atoms with E-state index in [1.54, 1.807) is 20.8 Å². The van der Waals surface area contributed by atoms with E-state index in [4.69, 9.17) is 0 Å². The molecule has 0 bridgehead atoms. The van der Waals surface area contributed by atoms with Gasteiger partial charge >= 0.3 is 0 Å². The van der Waals surface area contributed by atoms with E-state index in [0.29, 0.717) is 28.8 Å². The Hall–Kier alpha value is -1.97. The third kappa shape index (κ3) is 10.3. The van der Waals surface area contributed by atoms with Crippen molar-refractivity contribution in [2.24, 2.45) is 0 Å². The highest BCUT2D eigenvalue weighted by Gasteiger charge is 2.18. The standard InChI is InChI=1S/C27H45NO3/c1-5-6-7-8-9-10-11-12-13-14-15-16-17-18-19-20-24(29)28-25-23(4)26(30)21(2)22(3)27(25)31/h12-13,30-31H,5-11,14-20H2,1-4H3,(H,28,29). The lowest BCUT2D eigenvalue weighted by molar-refractivity contribution is -0.116. The van der Waals surface area contributed by atoms with E-state index in [1.165, 1.54) is 57.8 Å². The fourth-order valence-electron chi connectivity index (χ4n) is 3.83. The quantitative estimate of drug-likeness (QED) is 0.107. The number of carbonyl (C=O) groups is 1. The minimum absolute atomic E-state index is 0.0469. The lowest BCUT2D eigenvalue weighted by Gasteiger charge is -2.16. The largest absolute Gasteiger partial charge is 0.507 e. The fraction of sp³-hybridized carbons (Fsp3) is 0.667. The number of nitrogens with one attached hydrogen (secondary N) is 1. The molecular weight excluding hydrogens is 386 g/mol. The maximum absolute atomic E-state index is 12.2. The Labute approximate surface area is 190 Å². The van der Waals surface area contributed by atoms with Gasteiger partial charge in [-0.25, -0.2) is 0 Å². The highest BCUT2D eigenvalue weighted by atomic mass is 16.3. The molecule has 0 aliphatic carbocycles. The number of hydrogen-bond donors (Lipinski definition) is 3. The van der Waals surface area contributed by atoms with E-state index in [1.807, 2.05) is 0 Å². The summed E-state index contributed by atoms with van der Waals surface area (Å²) in [4.78, 5) is 12.2. The van der Waals surface area contributed by atoms with Gasteiger partial charge in [-0.15, -0.1) is 0 Å². The fourth-order valence-corrected chi connectivity index (χ4v) is 3.83. The van der Waals surface area contributed by atoms with E-state index in [0.717, 1.165) is 25.7 Å². The van der Waals surface area contributed by atoms with Gasteiger partial charge in [-0.1, -0.05) is 70.4 Å². The van der Waals surface area contributed by atoms with E-state index in [9.17, 15) is 15.0 Å². The summed E-state index contributed by atoms with van der Waals surface area (Å²) in [6.45, 7) is 7.46. The van der Waals surface area contributed by atoms with Gasteiger partial charge in [-0.2, -0.15) is 0 Å². The smallest absolute Gasteiger partial charge is 0.224 e. The van der Waals surface area contributed by atoms with E-state index in [2.05, 4.69) is 24.4 Å². The van der Waals surface area contributed by atoms with E-state index < -0.39 is 0 Å². The molecule has 0 atom stereocenters. The predicted octanol–water partition coefficient (Wildman–Crippen LogP) is 8.00. The van der Waals surface area contributed by atoms with Crippen molar-refractivity contribution in [3.05, 3.63) is 28.8 Å². The number of rotatable bonds is 16. The zero-order valence-corrected chi connectivity index (χ0v) is 20.4. The summed E-state index contributed by atoms with van der Waals surface area (Å²) < 4.78 is 0. The first kappa shape index (κ1) is 27.1. The summed E-state index contributed by atoms with van der Waals surface area (Å²) in [6, 6.07) is 0. The summed E-state index contributed by atoms with van der Waals surface area (Å²) in [5.74, 6) is 0.0657. The van der Waals surface area contributed by atoms with Crippen LogP contribution in [0.2, 0.25) is 0 Å². The predicted molar refractivity (Wildman–Crippen MR) is 132 cm³/mol. The summed E-state index contributed by atoms with van der Waals surface area (Å²) in [5, 5.41) is 23.2. The van der Waals surface area contributed by atoms with Crippen LogP contribution < -0.4 is 5.32 Å². The molecule has 1 aromatic rings. The molecule has 0 aliphatic heterocycles. The number of phenolic OH excluding ortho intramolecular Hbond substituents is 2. The van der Waals surface area contributed by atoms with Gasteiger partial charge in [-0.3, -0.25) is 4.79 Å². The highest BCUT2D eigenvalue weighted by molar-refractivity contribution is 5.94. The molecule has 176 valence electrons. The van der Waals surface area contributed by atoms with Crippen LogP contribution in [0.15, 0.2) is 12.2 Å². The number of hydrogen-bond acceptors (Lipinski definition) is 3. The van der Waals surface area contributed by atoms with Crippen LogP contribution in [0.1, 0.15) is 114 Å². The Kier molecular flexibility index (Phi) is 13.8. The molecule has 1 rings (SSSR count). The molecule has 31 heavy (non-hydrogen) atoms. The van der Waals surface area contributed by atoms with Crippen molar-refractivity contribution in [2.75, 3.05) is 5.32 Å². The van der Waals surface area contributed by atoms with Crippen molar-refractivity contribution in [2.45, 2.75) is 118 Å². The minimum Gasteiger partial charge on any atom is -0.507 e. The molecule has 0 saturated heterocycles. The van der Waals surface area contributed by atoms with Crippen LogP contribution in [0.25, 0.3) is 0 Å². The molecule has 4 nitrogen and oxygen atoms in total. The molecule has 0 saturated carbocycles. The Morgan fingerprint density at radius 2 is 1.19 bits per heavy atom. The number of amides is 1. The lowest BCUT2D eigenvalue weighted by atomic mass is 10.0. The monoisotopic (exact) mass is 431 g/mol. The van der Waals surface area contributed by atoms with E-state index >= 15 is 0 Å². The molecule has 0 aromatic heterocycles. The van der Waals surface area contributed by atoms with Crippen LogP contribution in [0.5, 0.6) is 11.5 Å². The van der Waals surface area contributed by atoms with Crippen LogP contribution in [-0.4, -0.2) is 16.1 Å². The third-order valence-electron chi connectivity index (χ3n) is 6.17. The first-order valence-corrected chi connectivity index (χ1v) is 12.4. The minimum atomic E-state index is -0.112. The number of anilines is 1. The number of aromatic hydroxyl groups is 2. The summed E-state index contributed by atoms with van der Waals surface area (Å²) in [7, 11) is 0. The molecular formula is C27H45NO3. The molecule has 0 heterocycles. The second-order valence-corrected chi connectivity index (χ2v) is 8.83. The summed E-state index contributed by atoms with van der Waals surface area (Å²) >= 11 is 0. The number of unbranched alkanes of at least 4 members (excludes halogenated alkanes) is 11. The maximum Gasteiger partial charge on any atom is 0.224 e. The first-order chi connectivity index (χ1) is 14.9. The van der Waals surface area contributed by atoms with Crippen molar-refractivity contribution in [3.8, 4) is 11.5 Å². The average Bonchev–Trinajstić information content (AvgIpc) is 2.76. The zero-order valence-electron chi connectivity index (χ0n) is 20.4. The van der Waals surface area contributed by atoms with Crippen molar-refractivity contribution in [1.29, 1.82) is 0 Å². The molecule has 0 fully saturated rings. The van der Waals surface area contributed by atoms with Crippen molar-refractivity contribution < 1.29 is 15.0 Å². The average molecular weight is 432 g/mol. The van der Waals surface area contributed by atoms with Crippen LogP contribution in [-0.2, 0) is 4.79 Å². The Balaban J connectivity index is 2.10. The third-order valence-corrected chi connectivity index (χ3v) is 6.17. The second-order valence-electron chi connectivity index (χ2n) is 8.83. The van der Waals surface area contributed by atoms with Gasteiger partial charge in [0.15, 0.2) is 0 Å². The van der Waals surface area contributed by atoms with Gasteiger partial charge in [0.1, 0.15) is 11.5 Å². The molecule has 1 amide bonds. The first-order valence-electron chi connectivity index (χ1n) is 12.4. The van der Waals surface area contributed by atoms with Crippen molar-refractivity contribution in [3.63, 3.8) is 0 Å². The zero-order chi connectivity index (χ0) is 23.1. The molecule has 1 aromatic carbocycles. The van der Waals surface area contributed by atoms with Crippen molar-refractivity contribution >= 4 is 11.6 Å².